The molecular formula is C22H30. The molecule has 0 spiro atoms. The lowest BCUT2D eigenvalue weighted by Crippen LogP contribution is -2.49. The Morgan fingerprint density at radius 1 is 1.14 bits per heavy atom. The SMILES string of the molecule is C#CC1CCC2C3CCC4=C[C@@H](C)C=CC4(C)C3CCC12C. The van der Waals surface area contributed by atoms with Crippen molar-refractivity contribution in [2.24, 2.45) is 40.4 Å². The summed E-state index contributed by atoms with van der Waals surface area (Å²) in [7, 11) is 0. The zero-order chi connectivity index (χ0) is 15.5. The smallest absolute Gasteiger partial charge is 0.0256 e. The van der Waals surface area contributed by atoms with Crippen molar-refractivity contribution in [2.75, 3.05) is 0 Å². The number of hydrogen-bond acceptors (Lipinski definition) is 0. The molecule has 6 unspecified atom stereocenters. The molecular weight excluding hydrogens is 264 g/mol. The van der Waals surface area contributed by atoms with Crippen LogP contribution in [0, 0.1) is 52.8 Å². The predicted molar refractivity (Wildman–Crippen MR) is 93.1 cm³/mol. The molecule has 0 N–H and O–H groups in total. The number of terminal acetylenes is 1. The molecule has 4 aliphatic rings. The molecule has 0 aromatic carbocycles. The first-order chi connectivity index (χ1) is 10.5. The van der Waals surface area contributed by atoms with Crippen LogP contribution in [0.2, 0.25) is 0 Å². The molecule has 3 saturated carbocycles. The Morgan fingerprint density at radius 2 is 1.95 bits per heavy atom. The van der Waals surface area contributed by atoms with Crippen LogP contribution in [0.25, 0.3) is 0 Å². The Hall–Kier alpha value is -0.960. The molecule has 4 aliphatic carbocycles. The zero-order valence-electron chi connectivity index (χ0n) is 14.4. The van der Waals surface area contributed by atoms with E-state index >= 15 is 0 Å². The summed E-state index contributed by atoms with van der Waals surface area (Å²) in [5.74, 6) is 6.93. The van der Waals surface area contributed by atoms with Crippen molar-refractivity contribution in [3.8, 4) is 12.3 Å². The molecule has 0 aromatic heterocycles. The molecule has 0 saturated heterocycles. The maximum Gasteiger partial charge on any atom is 0.0256 e. The monoisotopic (exact) mass is 294 g/mol. The minimum Gasteiger partial charge on any atom is -0.120 e. The largest absolute Gasteiger partial charge is 0.120 e. The number of allylic oxidation sites excluding steroid dienone is 4. The van der Waals surface area contributed by atoms with E-state index in [0.29, 0.717) is 22.7 Å². The van der Waals surface area contributed by atoms with Gasteiger partial charge < -0.3 is 0 Å². The van der Waals surface area contributed by atoms with Gasteiger partial charge in [-0.05, 0) is 67.6 Å². The van der Waals surface area contributed by atoms with Crippen LogP contribution in [0.15, 0.2) is 23.8 Å². The average molecular weight is 294 g/mol. The van der Waals surface area contributed by atoms with Crippen molar-refractivity contribution in [1.82, 2.24) is 0 Å². The molecule has 0 aliphatic heterocycles. The second kappa shape index (κ2) is 4.77. The van der Waals surface area contributed by atoms with E-state index in [2.05, 4.69) is 44.9 Å². The van der Waals surface area contributed by atoms with Gasteiger partial charge in [0.2, 0.25) is 0 Å². The highest BCUT2D eigenvalue weighted by atomic mass is 14.6. The second-order valence-electron chi connectivity index (χ2n) is 8.95. The number of fused-ring (bicyclic) bond motifs is 5. The van der Waals surface area contributed by atoms with Gasteiger partial charge in [-0.25, -0.2) is 0 Å². The van der Waals surface area contributed by atoms with E-state index in [-0.39, 0.29) is 0 Å². The maximum absolute atomic E-state index is 5.87. The summed E-state index contributed by atoms with van der Waals surface area (Å²) in [6.07, 6.45) is 21.5. The fraction of sp³-hybridized carbons (Fsp3) is 0.727. The van der Waals surface area contributed by atoms with E-state index in [1.54, 1.807) is 5.57 Å². The molecule has 118 valence electrons. The van der Waals surface area contributed by atoms with Gasteiger partial charge in [0.15, 0.2) is 0 Å². The quantitative estimate of drug-likeness (QED) is 0.402. The number of rotatable bonds is 0. The Balaban J connectivity index is 1.68. The molecule has 0 heterocycles. The molecule has 4 rings (SSSR count). The van der Waals surface area contributed by atoms with E-state index in [1.807, 2.05) is 0 Å². The third kappa shape index (κ3) is 1.78. The lowest BCUT2D eigenvalue weighted by molar-refractivity contribution is -0.0254. The van der Waals surface area contributed by atoms with Crippen molar-refractivity contribution in [3.63, 3.8) is 0 Å². The summed E-state index contributed by atoms with van der Waals surface area (Å²) in [4.78, 5) is 0. The van der Waals surface area contributed by atoms with Gasteiger partial charge >= 0.3 is 0 Å². The topological polar surface area (TPSA) is 0 Å². The van der Waals surface area contributed by atoms with Gasteiger partial charge in [-0.3, -0.25) is 0 Å². The Morgan fingerprint density at radius 3 is 2.73 bits per heavy atom. The molecule has 3 fully saturated rings. The molecule has 0 aromatic rings. The fourth-order valence-electron chi connectivity index (χ4n) is 6.76. The predicted octanol–water partition coefficient (Wildman–Crippen LogP) is 5.61. The molecule has 0 heteroatoms. The van der Waals surface area contributed by atoms with E-state index in [9.17, 15) is 0 Å². The molecule has 0 nitrogen and oxygen atoms in total. The van der Waals surface area contributed by atoms with Crippen LogP contribution in [-0.4, -0.2) is 0 Å². The van der Waals surface area contributed by atoms with Crippen molar-refractivity contribution < 1.29 is 0 Å². The summed E-state index contributed by atoms with van der Waals surface area (Å²) < 4.78 is 0. The summed E-state index contributed by atoms with van der Waals surface area (Å²) in [6.45, 7) is 7.35. The lowest BCUT2D eigenvalue weighted by atomic mass is 9.47. The van der Waals surface area contributed by atoms with Crippen LogP contribution in [-0.2, 0) is 0 Å². The van der Waals surface area contributed by atoms with Crippen LogP contribution in [0.3, 0.4) is 0 Å². The third-order valence-corrected chi connectivity index (χ3v) is 8.06. The van der Waals surface area contributed by atoms with Crippen molar-refractivity contribution >= 4 is 0 Å². The van der Waals surface area contributed by atoms with Gasteiger partial charge in [-0.15, -0.1) is 12.3 Å². The maximum atomic E-state index is 5.87. The summed E-state index contributed by atoms with van der Waals surface area (Å²) in [6, 6.07) is 0. The summed E-state index contributed by atoms with van der Waals surface area (Å²) >= 11 is 0. The summed E-state index contributed by atoms with van der Waals surface area (Å²) in [5, 5.41) is 0. The Kier molecular flexibility index (Phi) is 3.17. The normalized spacial score (nSPS) is 53.0. The minimum atomic E-state index is 0.338. The van der Waals surface area contributed by atoms with Crippen molar-refractivity contribution in [2.45, 2.75) is 59.3 Å². The fourth-order valence-corrected chi connectivity index (χ4v) is 6.76. The minimum absolute atomic E-state index is 0.338. The van der Waals surface area contributed by atoms with Gasteiger partial charge in [-0.1, -0.05) is 44.6 Å². The van der Waals surface area contributed by atoms with Crippen molar-refractivity contribution in [1.29, 1.82) is 0 Å². The second-order valence-corrected chi connectivity index (χ2v) is 8.95. The van der Waals surface area contributed by atoms with Crippen LogP contribution in [0.4, 0.5) is 0 Å². The van der Waals surface area contributed by atoms with Gasteiger partial charge in [0, 0.05) is 11.3 Å². The Labute approximate surface area is 136 Å². The van der Waals surface area contributed by atoms with Gasteiger partial charge in [0.25, 0.3) is 0 Å². The summed E-state index contributed by atoms with van der Waals surface area (Å²) in [5.41, 5.74) is 2.50. The van der Waals surface area contributed by atoms with Gasteiger partial charge in [0.05, 0.1) is 0 Å². The van der Waals surface area contributed by atoms with Crippen LogP contribution in [0.5, 0.6) is 0 Å². The van der Waals surface area contributed by atoms with E-state index in [4.69, 9.17) is 6.42 Å². The van der Waals surface area contributed by atoms with Crippen molar-refractivity contribution in [3.05, 3.63) is 23.8 Å². The standard InChI is InChI=1S/C22H30/c1-5-16-7-9-19-18-8-6-17-14-15(2)10-12-22(17,4)20(18)11-13-21(16,19)3/h1,10,12,14-16,18-20H,6-9,11,13H2,2-4H3/t15-,16?,18?,19?,20?,21?,22?/m0/s1. The van der Waals surface area contributed by atoms with Crippen LogP contribution < -0.4 is 0 Å². The Bertz CT molecular complexity index is 573. The molecule has 0 radical (unpaired) electrons. The average Bonchev–Trinajstić information content (AvgIpc) is 2.84. The zero-order valence-corrected chi connectivity index (χ0v) is 14.4. The highest BCUT2D eigenvalue weighted by Gasteiger charge is 2.57. The molecule has 22 heavy (non-hydrogen) atoms. The molecule has 0 amide bonds. The lowest BCUT2D eigenvalue weighted by Gasteiger charge is -2.57. The number of hydrogen-bond donors (Lipinski definition) is 0. The van der Waals surface area contributed by atoms with Gasteiger partial charge in [0.1, 0.15) is 0 Å². The molecule has 0 bridgehead atoms. The first-order valence-electron chi connectivity index (χ1n) is 9.35. The highest BCUT2D eigenvalue weighted by Crippen LogP contribution is 2.65. The highest BCUT2D eigenvalue weighted by molar-refractivity contribution is 5.33. The van der Waals surface area contributed by atoms with Crippen LogP contribution in [0.1, 0.15) is 59.3 Å². The van der Waals surface area contributed by atoms with E-state index < -0.39 is 0 Å². The van der Waals surface area contributed by atoms with Crippen LogP contribution >= 0.6 is 0 Å². The van der Waals surface area contributed by atoms with E-state index in [1.165, 1.54) is 38.5 Å². The van der Waals surface area contributed by atoms with E-state index in [0.717, 1.165) is 17.8 Å². The van der Waals surface area contributed by atoms with Gasteiger partial charge in [-0.2, -0.15) is 0 Å². The first-order valence-corrected chi connectivity index (χ1v) is 9.35. The first kappa shape index (κ1) is 14.6. The third-order valence-electron chi connectivity index (χ3n) is 8.06. The molecule has 7 atom stereocenters.